The number of hydrogen-bond donors (Lipinski definition) is 1. The maximum absolute atomic E-state index is 11.4. The molecular formula is C13H16ClNO2. The number of benzene rings is 1. The zero-order chi connectivity index (χ0) is 12.1. The van der Waals surface area contributed by atoms with E-state index in [1.165, 1.54) is 12.8 Å². The molecule has 92 valence electrons. The van der Waals surface area contributed by atoms with Gasteiger partial charge in [-0.1, -0.05) is 29.8 Å². The van der Waals surface area contributed by atoms with Gasteiger partial charge in [0, 0.05) is 23.2 Å². The molecular weight excluding hydrogens is 238 g/mol. The molecule has 4 heteroatoms. The summed E-state index contributed by atoms with van der Waals surface area (Å²) in [6, 6.07) is 8.01. The first-order valence-electron chi connectivity index (χ1n) is 5.88. The molecule has 1 aromatic carbocycles. The largest absolute Gasteiger partial charge is 0.461 e. The number of rotatable bonds is 6. The first kappa shape index (κ1) is 12.4. The molecule has 3 nitrogen and oxygen atoms in total. The van der Waals surface area contributed by atoms with E-state index in [-0.39, 0.29) is 12.6 Å². The molecule has 0 unspecified atom stereocenters. The first-order valence-corrected chi connectivity index (χ1v) is 6.26. The lowest BCUT2D eigenvalue weighted by Crippen LogP contribution is -2.21. The van der Waals surface area contributed by atoms with Crippen LogP contribution in [0.25, 0.3) is 0 Å². The summed E-state index contributed by atoms with van der Waals surface area (Å²) in [5.74, 6) is -0.182. The first-order chi connectivity index (χ1) is 8.25. The summed E-state index contributed by atoms with van der Waals surface area (Å²) in [6.07, 6.45) is 2.88. The van der Waals surface area contributed by atoms with Crippen molar-refractivity contribution in [2.24, 2.45) is 0 Å². The molecule has 1 aliphatic rings. The van der Waals surface area contributed by atoms with Gasteiger partial charge in [-0.15, -0.1) is 0 Å². The van der Waals surface area contributed by atoms with Gasteiger partial charge in [0.15, 0.2) is 0 Å². The Bertz CT molecular complexity index is 391. The third kappa shape index (κ3) is 4.36. The number of ether oxygens (including phenoxy) is 1. The Labute approximate surface area is 106 Å². The minimum Gasteiger partial charge on any atom is -0.461 e. The van der Waals surface area contributed by atoms with Gasteiger partial charge in [-0.3, -0.25) is 4.79 Å². The second-order valence-corrected chi connectivity index (χ2v) is 4.64. The molecule has 0 bridgehead atoms. The van der Waals surface area contributed by atoms with Crippen molar-refractivity contribution in [3.8, 4) is 0 Å². The number of esters is 1. The fourth-order valence-electron chi connectivity index (χ4n) is 1.51. The van der Waals surface area contributed by atoms with E-state index in [0.717, 1.165) is 5.56 Å². The summed E-state index contributed by atoms with van der Waals surface area (Å²) < 4.78 is 5.15. The maximum Gasteiger partial charge on any atom is 0.307 e. The molecule has 1 saturated carbocycles. The highest BCUT2D eigenvalue weighted by Gasteiger charge is 2.20. The highest BCUT2D eigenvalue weighted by atomic mass is 35.5. The third-order valence-electron chi connectivity index (χ3n) is 2.69. The van der Waals surface area contributed by atoms with E-state index in [1.807, 2.05) is 18.2 Å². The van der Waals surface area contributed by atoms with Crippen molar-refractivity contribution >= 4 is 17.6 Å². The fraction of sp³-hybridized carbons (Fsp3) is 0.462. The molecule has 17 heavy (non-hydrogen) atoms. The zero-order valence-electron chi connectivity index (χ0n) is 9.62. The lowest BCUT2D eigenvalue weighted by atomic mass is 10.2. The van der Waals surface area contributed by atoms with Crippen LogP contribution in [0.1, 0.15) is 24.8 Å². The van der Waals surface area contributed by atoms with Gasteiger partial charge in [-0.25, -0.2) is 0 Å². The van der Waals surface area contributed by atoms with Crippen molar-refractivity contribution in [2.45, 2.75) is 31.9 Å². The van der Waals surface area contributed by atoms with Crippen molar-refractivity contribution < 1.29 is 9.53 Å². The number of hydrogen-bond acceptors (Lipinski definition) is 3. The smallest absolute Gasteiger partial charge is 0.307 e. The van der Waals surface area contributed by atoms with Gasteiger partial charge in [-0.05, 0) is 18.9 Å². The molecule has 1 aliphatic carbocycles. The average molecular weight is 254 g/mol. The van der Waals surface area contributed by atoms with Gasteiger partial charge < -0.3 is 10.1 Å². The van der Waals surface area contributed by atoms with E-state index in [4.69, 9.17) is 16.3 Å². The van der Waals surface area contributed by atoms with E-state index >= 15 is 0 Å². The van der Waals surface area contributed by atoms with Gasteiger partial charge >= 0.3 is 5.97 Å². The van der Waals surface area contributed by atoms with Gasteiger partial charge in [0.2, 0.25) is 0 Å². The Hall–Kier alpha value is -1.06. The summed E-state index contributed by atoms with van der Waals surface area (Å²) in [7, 11) is 0. The monoisotopic (exact) mass is 253 g/mol. The van der Waals surface area contributed by atoms with Crippen molar-refractivity contribution in [2.75, 3.05) is 6.54 Å². The van der Waals surface area contributed by atoms with Crippen LogP contribution in [0.3, 0.4) is 0 Å². The Morgan fingerprint density at radius 3 is 2.88 bits per heavy atom. The minimum atomic E-state index is -0.182. The highest BCUT2D eigenvalue weighted by Crippen LogP contribution is 2.18. The average Bonchev–Trinajstić information content (AvgIpc) is 3.12. The van der Waals surface area contributed by atoms with Crippen LogP contribution in [0.2, 0.25) is 5.02 Å². The van der Waals surface area contributed by atoms with Crippen LogP contribution in [0, 0.1) is 0 Å². The number of carbonyl (C=O) groups excluding carboxylic acids is 1. The summed E-state index contributed by atoms with van der Waals surface area (Å²) in [6.45, 7) is 0.952. The van der Waals surface area contributed by atoms with Crippen molar-refractivity contribution in [1.82, 2.24) is 5.32 Å². The molecule has 0 saturated heterocycles. The standard InChI is InChI=1S/C13H16ClNO2/c14-12-4-2-1-3-10(12)9-17-13(16)7-8-15-11-5-6-11/h1-4,11,15H,5-9H2. The van der Waals surface area contributed by atoms with Crippen LogP contribution < -0.4 is 5.32 Å². The molecule has 1 N–H and O–H groups in total. The number of carbonyl (C=O) groups is 1. The van der Waals surface area contributed by atoms with E-state index < -0.39 is 0 Å². The van der Waals surface area contributed by atoms with Crippen molar-refractivity contribution in [1.29, 1.82) is 0 Å². The number of nitrogens with one attached hydrogen (secondary N) is 1. The van der Waals surface area contributed by atoms with E-state index in [1.54, 1.807) is 6.07 Å². The summed E-state index contributed by atoms with van der Waals surface area (Å²) >= 11 is 5.96. The SMILES string of the molecule is O=C(CCNC1CC1)OCc1ccccc1Cl. The molecule has 0 atom stereocenters. The lowest BCUT2D eigenvalue weighted by molar-refractivity contribution is -0.144. The van der Waals surface area contributed by atoms with Crippen LogP contribution in [-0.4, -0.2) is 18.6 Å². The Balaban J connectivity index is 1.66. The number of halogens is 1. The van der Waals surface area contributed by atoms with E-state index in [0.29, 0.717) is 24.0 Å². The second-order valence-electron chi connectivity index (χ2n) is 4.23. The predicted molar refractivity (Wildman–Crippen MR) is 66.9 cm³/mol. The lowest BCUT2D eigenvalue weighted by Gasteiger charge is -2.06. The fourth-order valence-corrected chi connectivity index (χ4v) is 1.70. The molecule has 0 heterocycles. The van der Waals surface area contributed by atoms with Crippen LogP contribution in [0.5, 0.6) is 0 Å². The summed E-state index contributed by atoms with van der Waals surface area (Å²) in [5, 5.41) is 3.91. The van der Waals surface area contributed by atoms with Crippen LogP contribution in [0.4, 0.5) is 0 Å². The van der Waals surface area contributed by atoms with E-state index in [9.17, 15) is 4.79 Å². The molecule has 0 aromatic heterocycles. The van der Waals surface area contributed by atoms with Crippen LogP contribution >= 0.6 is 11.6 Å². The topological polar surface area (TPSA) is 38.3 Å². The molecule has 0 amide bonds. The van der Waals surface area contributed by atoms with Crippen LogP contribution in [0.15, 0.2) is 24.3 Å². The zero-order valence-corrected chi connectivity index (χ0v) is 10.4. The van der Waals surface area contributed by atoms with Crippen LogP contribution in [-0.2, 0) is 16.1 Å². The Morgan fingerprint density at radius 2 is 2.18 bits per heavy atom. The molecule has 0 aliphatic heterocycles. The molecule has 1 aromatic rings. The van der Waals surface area contributed by atoms with Gasteiger partial charge in [0.05, 0.1) is 6.42 Å². The summed E-state index contributed by atoms with van der Waals surface area (Å²) in [4.78, 5) is 11.4. The third-order valence-corrected chi connectivity index (χ3v) is 3.05. The van der Waals surface area contributed by atoms with E-state index in [2.05, 4.69) is 5.32 Å². The van der Waals surface area contributed by atoms with Gasteiger partial charge in [0.25, 0.3) is 0 Å². The second kappa shape index (κ2) is 6.03. The molecule has 0 radical (unpaired) electrons. The van der Waals surface area contributed by atoms with Gasteiger partial charge in [0.1, 0.15) is 6.61 Å². The Morgan fingerprint density at radius 1 is 1.41 bits per heavy atom. The maximum atomic E-state index is 11.4. The minimum absolute atomic E-state index is 0.182. The van der Waals surface area contributed by atoms with Crippen molar-refractivity contribution in [3.05, 3.63) is 34.9 Å². The predicted octanol–water partition coefficient (Wildman–Crippen LogP) is 2.53. The molecule has 0 spiro atoms. The quantitative estimate of drug-likeness (QED) is 0.792. The van der Waals surface area contributed by atoms with Gasteiger partial charge in [-0.2, -0.15) is 0 Å². The molecule has 1 fully saturated rings. The highest BCUT2D eigenvalue weighted by molar-refractivity contribution is 6.31. The normalized spacial score (nSPS) is 14.6. The Kier molecular flexibility index (Phi) is 4.40. The summed E-state index contributed by atoms with van der Waals surface area (Å²) in [5.41, 5.74) is 0.845. The van der Waals surface area contributed by atoms with Crippen molar-refractivity contribution in [3.63, 3.8) is 0 Å². The molecule has 2 rings (SSSR count).